The zero-order chi connectivity index (χ0) is 8.59. The highest BCUT2D eigenvalue weighted by molar-refractivity contribution is 5.73. The topological polar surface area (TPSA) is 72.6 Å². The van der Waals surface area contributed by atoms with Gasteiger partial charge in [-0.2, -0.15) is 0 Å². The first kappa shape index (κ1) is 8.49. The summed E-state index contributed by atoms with van der Waals surface area (Å²) >= 11 is 0. The van der Waals surface area contributed by atoms with Crippen molar-refractivity contribution in [2.75, 3.05) is 0 Å². The SMILES string of the molecule is CC1C(N)[C@@H](C(=O)O)O[C@@H]1C. The van der Waals surface area contributed by atoms with Crippen LogP contribution >= 0.6 is 0 Å². The Hall–Kier alpha value is -0.610. The van der Waals surface area contributed by atoms with E-state index in [0.717, 1.165) is 0 Å². The van der Waals surface area contributed by atoms with Crippen molar-refractivity contribution < 1.29 is 14.6 Å². The third kappa shape index (κ3) is 1.36. The van der Waals surface area contributed by atoms with Crippen LogP contribution in [0.15, 0.2) is 0 Å². The molecule has 2 unspecified atom stereocenters. The minimum atomic E-state index is -0.964. The molecule has 4 nitrogen and oxygen atoms in total. The van der Waals surface area contributed by atoms with Gasteiger partial charge in [-0.15, -0.1) is 0 Å². The van der Waals surface area contributed by atoms with Crippen LogP contribution < -0.4 is 5.73 Å². The average molecular weight is 159 g/mol. The van der Waals surface area contributed by atoms with E-state index in [1.54, 1.807) is 0 Å². The van der Waals surface area contributed by atoms with Crippen molar-refractivity contribution >= 4 is 5.97 Å². The maximum absolute atomic E-state index is 10.5. The highest BCUT2D eigenvalue weighted by Crippen LogP contribution is 2.24. The summed E-state index contributed by atoms with van der Waals surface area (Å²) in [5, 5.41) is 8.61. The van der Waals surface area contributed by atoms with Crippen molar-refractivity contribution in [3.63, 3.8) is 0 Å². The van der Waals surface area contributed by atoms with Crippen molar-refractivity contribution in [2.45, 2.75) is 32.1 Å². The van der Waals surface area contributed by atoms with Gasteiger partial charge in [-0.3, -0.25) is 0 Å². The number of ether oxygens (including phenoxy) is 1. The van der Waals surface area contributed by atoms with Crippen LogP contribution in [0.3, 0.4) is 0 Å². The van der Waals surface area contributed by atoms with Gasteiger partial charge in [-0.1, -0.05) is 6.92 Å². The summed E-state index contributed by atoms with van der Waals surface area (Å²) in [6, 6.07) is -0.373. The van der Waals surface area contributed by atoms with E-state index in [0.29, 0.717) is 0 Å². The smallest absolute Gasteiger partial charge is 0.334 e. The van der Waals surface area contributed by atoms with Crippen LogP contribution in [0, 0.1) is 5.92 Å². The molecule has 0 bridgehead atoms. The number of aliphatic carboxylic acids is 1. The first-order valence-corrected chi connectivity index (χ1v) is 3.68. The zero-order valence-corrected chi connectivity index (χ0v) is 6.65. The molecule has 0 aliphatic carbocycles. The molecule has 1 saturated heterocycles. The number of rotatable bonds is 1. The van der Waals surface area contributed by atoms with Crippen LogP contribution in [-0.4, -0.2) is 29.3 Å². The van der Waals surface area contributed by atoms with Crippen LogP contribution in [0.1, 0.15) is 13.8 Å². The molecule has 1 fully saturated rings. The number of hydrogen-bond donors (Lipinski definition) is 2. The molecule has 1 rings (SSSR count). The number of carbonyl (C=O) groups is 1. The van der Waals surface area contributed by atoms with Crippen molar-refractivity contribution in [3.05, 3.63) is 0 Å². The van der Waals surface area contributed by atoms with E-state index >= 15 is 0 Å². The van der Waals surface area contributed by atoms with Crippen molar-refractivity contribution in [1.82, 2.24) is 0 Å². The molecular formula is C7H13NO3. The zero-order valence-electron chi connectivity index (χ0n) is 6.65. The first-order valence-electron chi connectivity index (χ1n) is 3.68. The quantitative estimate of drug-likeness (QED) is 0.556. The molecule has 0 radical (unpaired) electrons. The van der Waals surface area contributed by atoms with Gasteiger partial charge in [-0.05, 0) is 6.92 Å². The Morgan fingerprint density at radius 3 is 2.27 bits per heavy atom. The summed E-state index contributed by atoms with van der Waals surface area (Å²) in [5.41, 5.74) is 5.61. The summed E-state index contributed by atoms with van der Waals surface area (Å²) in [6.07, 6.45) is -0.869. The lowest BCUT2D eigenvalue weighted by Gasteiger charge is -2.11. The van der Waals surface area contributed by atoms with Gasteiger partial charge >= 0.3 is 5.97 Å². The predicted molar refractivity (Wildman–Crippen MR) is 39.1 cm³/mol. The summed E-state index contributed by atoms with van der Waals surface area (Å²) < 4.78 is 5.12. The minimum absolute atomic E-state index is 0.0499. The highest BCUT2D eigenvalue weighted by Gasteiger charge is 2.41. The van der Waals surface area contributed by atoms with Crippen molar-refractivity contribution in [2.24, 2.45) is 11.7 Å². The summed E-state index contributed by atoms with van der Waals surface area (Å²) in [7, 11) is 0. The van der Waals surface area contributed by atoms with Gasteiger partial charge in [0, 0.05) is 12.0 Å². The Bertz CT molecular complexity index is 171. The van der Waals surface area contributed by atoms with E-state index in [1.807, 2.05) is 13.8 Å². The molecule has 0 spiro atoms. The summed E-state index contributed by atoms with van der Waals surface area (Å²) in [6.45, 7) is 3.74. The van der Waals surface area contributed by atoms with Gasteiger partial charge in [0.1, 0.15) is 0 Å². The lowest BCUT2D eigenvalue weighted by Crippen LogP contribution is -2.39. The molecule has 0 amide bonds. The Morgan fingerprint density at radius 2 is 2.09 bits per heavy atom. The monoisotopic (exact) mass is 159 g/mol. The van der Waals surface area contributed by atoms with E-state index in [4.69, 9.17) is 15.6 Å². The Morgan fingerprint density at radius 1 is 1.55 bits per heavy atom. The van der Waals surface area contributed by atoms with Gasteiger partial charge in [0.15, 0.2) is 6.10 Å². The third-order valence-corrected chi connectivity index (χ3v) is 2.30. The number of hydrogen-bond acceptors (Lipinski definition) is 3. The molecule has 3 N–H and O–H groups in total. The van der Waals surface area contributed by atoms with Gasteiger partial charge in [0.25, 0.3) is 0 Å². The average Bonchev–Trinajstić information content (AvgIpc) is 2.17. The van der Waals surface area contributed by atoms with E-state index in [2.05, 4.69) is 0 Å². The van der Waals surface area contributed by atoms with E-state index in [9.17, 15) is 4.79 Å². The fourth-order valence-electron chi connectivity index (χ4n) is 1.26. The highest BCUT2D eigenvalue weighted by atomic mass is 16.5. The molecule has 4 heteroatoms. The molecule has 11 heavy (non-hydrogen) atoms. The molecule has 64 valence electrons. The Labute approximate surface area is 65.3 Å². The van der Waals surface area contributed by atoms with Crippen LogP contribution in [0.25, 0.3) is 0 Å². The molecule has 1 heterocycles. The van der Waals surface area contributed by atoms with Crippen molar-refractivity contribution in [3.8, 4) is 0 Å². The molecular weight excluding hydrogens is 146 g/mol. The lowest BCUT2D eigenvalue weighted by molar-refractivity contribution is -0.149. The fraction of sp³-hybridized carbons (Fsp3) is 0.857. The number of carboxylic acids is 1. The third-order valence-electron chi connectivity index (χ3n) is 2.30. The second kappa shape index (κ2) is 2.79. The Balaban J connectivity index is 2.67. The normalized spacial score (nSPS) is 44.3. The molecule has 0 aromatic rings. The second-order valence-electron chi connectivity index (χ2n) is 3.04. The van der Waals surface area contributed by atoms with Crippen LogP contribution in [0.2, 0.25) is 0 Å². The van der Waals surface area contributed by atoms with Gasteiger partial charge < -0.3 is 15.6 Å². The van der Waals surface area contributed by atoms with Crippen LogP contribution in [0.5, 0.6) is 0 Å². The standard InChI is InChI=1S/C7H13NO3/c1-3-4(2)11-6(5(3)8)7(9)10/h3-6H,8H2,1-2H3,(H,9,10)/t3?,4-,5?,6+/m1/s1. The molecule has 1 aliphatic heterocycles. The minimum Gasteiger partial charge on any atom is -0.479 e. The molecule has 0 aromatic heterocycles. The van der Waals surface area contributed by atoms with E-state index in [1.165, 1.54) is 0 Å². The lowest BCUT2D eigenvalue weighted by atomic mass is 9.98. The maximum Gasteiger partial charge on any atom is 0.334 e. The van der Waals surface area contributed by atoms with Crippen LogP contribution in [0.4, 0.5) is 0 Å². The summed E-state index contributed by atoms with van der Waals surface area (Å²) in [4.78, 5) is 10.5. The second-order valence-corrected chi connectivity index (χ2v) is 3.04. The summed E-state index contributed by atoms with van der Waals surface area (Å²) in [5.74, 6) is -0.843. The first-order chi connectivity index (χ1) is 5.04. The molecule has 0 saturated carbocycles. The number of carboxylic acid groups (broad SMARTS) is 1. The Kier molecular flexibility index (Phi) is 2.15. The van der Waals surface area contributed by atoms with Gasteiger partial charge in [0.05, 0.1) is 6.10 Å². The largest absolute Gasteiger partial charge is 0.479 e. The number of nitrogens with two attached hydrogens (primary N) is 1. The molecule has 4 atom stereocenters. The molecule has 1 aliphatic rings. The maximum atomic E-state index is 10.5. The van der Waals surface area contributed by atoms with Crippen LogP contribution in [-0.2, 0) is 9.53 Å². The van der Waals surface area contributed by atoms with E-state index in [-0.39, 0.29) is 18.1 Å². The molecule has 0 aromatic carbocycles. The van der Waals surface area contributed by atoms with Crippen molar-refractivity contribution in [1.29, 1.82) is 0 Å². The van der Waals surface area contributed by atoms with Gasteiger partial charge in [0.2, 0.25) is 0 Å². The predicted octanol–water partition coefficient (Wildman–Crippen LogP) is -0.178. The van der Waals surface area contributed by atoms with E-state index < -0.39 is 12.1 Å². The van der Waals surface area contributed by atoms with Gasteiger partial charge in [-0.25, -0.2) is 4.79 Å². The fourth-order valence-corrected chi connectivity index (χ4v) is 1.26.